The van der Waals surface area contributed by atoms with Crippen molar-refractivity contribution in [3.63, 3.8) is 0 Å². The number of methoxy groups -OCH3 is 1. The number of ether oxygens (including phenoxy) is 2. The molecule has 0 saturated carbocycles. The lowest BCUT2D eigenvalue weighted by Crippen LogP contribution is -2.04. The summed E-state index contributed by atoms with van der Waals surface area (Å²) in [7, 11) is 1.64. The standard InChI is InChI=1S/C27H31N3O2/c1-4-5-6-7-10-17-32-21-15-13-20(14-16-21)26-23(18-28)27(29)30-19(2)25(26)22-11-8-9-12-24(22)31-3/h8-9,11-16H,4-7,10,17H2,1-3H3,(H2,29,30). The van der Waals surface area contributed by atoms with E-state index in [1.165, 1.54) is 25.7 Å². The Morgan fingerprint density at radius 2 is 1.69 bits per heavy atom. The zero-order valence-electron chi connectivity index (χ0n) is 19.1. The molecular formula is C27H31N3O2. The molecule has 0 spiro atoms. The van der Waals surface area contributed by atoms with Gasteiger partial charge in [0.15, 0.2) is 0 Å². The van der Waals surface area contributed by atoms with E-state index >= 15 is 0 Å². The lowest BCUT2D eigenvalue weighted by Gasteiger charge is -2.18. The van der Waals surface area contributed by atoms with Crippen LogP contribution in [-0.2, 0) is 0 Å². The van der Waals surface area contributed by atoms with Crippen molar-refractivity contribution in [2.24, 2.45) is 0 Å². The molecule has 32 heavy (non-hydrogen) atoms. The molecule has 166 valence electrons. The summed E-state index contributed by atoms with van der Waals surface area (Å²) in [6, 6.07) is 17.8. The maximum Gasteiger partial charge on any atom is 0.142 e. The predicted molar refractivity (Wildman–Crippen MR) is 130 cm³/mol. The van der Waals surface area contributed by atoms with Gasteiger partial charge in [0.1, 0.15) is 28.9 Å². The third-order valence-corrected chi connectivity index (χ3v) is 5.55. The Hall–Kier alpha value is -3.52. The molecule has 0 atom stereocenters. The van der Waals surface area contributed by atoms with Crippen LogP contribution in [0, 0.1) is 18.3 Å². The summed E-state index contributed by atoms with van der Waals surface area (Å²) in [5, 5.41) is 9.88. The van der Waals surface area contributed by atoms with E-state index in [9.17, 15) is 5.26 Å². The van der Waals surface area contributed by atoms with Crippen molar-refractivity contribution in [1.82, 2.24) is 4.98 Å². The Morgan fingerprint density at radius 1 is 0.969 bits per heavy atom. The maximum absolute atomic E-state index is 9.88. The quantitative estimate of drug-likeness (QED) is 0.370. The van der Waals surface area contributed by atoms with Gasteiger partial charge in [0.2, 0.25) is 0 Å². The molecule has 0 amide bonds. The van der Waals surface area contributed by atoms with E-state index in [4.69, 9.17) is 15.2 Å². The molecule has 0 bridgehead atoms. The molecule has 0 aliphatic heterocycles. The van der Waals surface area contributed by atoms with Crippen LogP contribution < -0.4 is 15.2 Å². The average Bonchev–Trinajstić information content (AvgIpc) is 2.81. The first-order chi connectivity index (χ1) is 15.6. The molecular weight excluding hydrogens is 398 g/mol. The minimum absolute atomic E-state index is 0.228. The minimum atomic E-state index is 0.228. The molecule has 0 radical (unpaired) electrons. The fraction of sp³-hybridized carbons (Fsp3) is 0.333. The Labute approximate surface area is 190 Å². The molecule has 0 unspecified atom stereocenters. The third kappa shape index (κ3) is 5.20. The van der Waals surface area contributed by atoms with E-state index in [1.807, 2.05) is 55.5 Å². The van der Waals surface area contributed by atoms with Crippen LogP contribution in [-0.4, -0.2) is 18.7 Å². The van der Waals surface area contributed by atoms with Gasteiger partial charge >= 0.3 is 0 Å². The molecule has 5 nitrogen and oxygen atoms in total. The van der Waals surface area contributed by atoms with Crippen LogP contribution >= 0.6 is 0 Å². The van der Waals surface area contributed by atoms with E-state index < -0.39 is 0 Å². The van der Waals surface area contributed by atoms with Crippen molar-refractivity contribution >= 4 is 5.82 Å². The summed E-state index contributed by atoms with van der Waals surface area (Å²) < 4.78 is 11.5. The van der Waals surface area contributed by atoms with Crippen molar-refractivity contribution in [2.45, 2.75) is 46.0 Å². The SMILES string of the molecule is CCCCCCCOc1ccc(-c2c(C#N)c(N)nc(C)c2-c2ccccc2OC)cc1. The predicted octanol–water partition coefficient (Wildman–Crippen LogP) is 6.54. The Kier molecular flexibility index (Phi) is 8.10. The van der Waals surface area contributed by atoms with E-state index in [0.29, 0.717) is 12.2 Å². The van der Waals surface area contributed by atoms with Gasteiger partial charge in [-0.25, -0.2) is 4.98 Å². The number of aryl methyl sites for hydroxylation is 1. The van der Waals surface area contributed by atoms with E-state index in [1.54, 1.807) is 7.11 Å². The van der Waals surface area contributed by atoms with E-state index in [-0.39, 0.29) is 5.82 Å². The summed E-state index contributed by atoms with van der Waals surface area (Å²) >= 11 is 0. The molecule has 2 aromatic carbocycles. The number of unbranched alkanes of at least 4 members (excludes halogenated alkanes) is 4. The van der Waals surface area contributed by atoms with Crippen LogP contribution in [0.1, 0.15) is 50.3 Å². The fourth-order valence-corrected chi connectivity index (χ4v) is 3.92. The van der Waals surface area contributed by atoms with Crippen molar-refractivity contribution < 1.29 is 9.47 Å². The van der Waals surface area contributed by atoms with Crippen LogP contribution in [0.2, 0.25) is 0 Å². The number of nitrogen functional groups attached to an aromatic ring is 1. The lowest BCUT2D eigenvalue weighted by molar-refractivity contribution is 0.304. The van der Waals surface area contributed by atoms with E-state index in [0.717, 1.165) is 45.9 Å². The highest BCUT2D eigenvalue weighted by atomic mass is 16.5. The third-order valence-electron chi connectivity index (χ3n) is 5.55. The number of para-hydroxylation sites is 1. The summed E-state index contributed by atoms with van der Waals surface area (Å²) in [6.07, 6.45) is 6.01. The second kappa shape index (κ2) is 11.2. The smallest absolute Gasteiger partial charge is 0.142 e. The molecule has 0 aliphatic rings. The van der Waals surface area contributed by atoms with Crippen LogP contribution in [0.3, 0.4) is 0 Å². The van der Waals surface area contributed by atoms with Crippen LogP contribution in [0.5, 0.6) is 11.5 Å². The zero-order valence-corrected chi connectivity index (χ0v) is 19.1. The molecule has 3 aromatic rings. The number of hydrogen-bond donors (Lipinski definition) is 1. The highest BCUT2D eigenvalue weighted by Crippen LogP contribution is 2.42. The lowest BCUT2D eigenvalue weighted by atomic mass is 9.89. The van der Waals surface area contributed by atoms with Gasteiger partial charge in [-0.2, -0.15) is 5.26 Å². The zero-order chi connectivity index (χ0) is 22.9. The summed E-state index contributed by atoms with van der Waals surface area (Å²) in [4.78, 5) is 4.45. The fourth-order valence-electron chi connectivity index (χ4n) is 3.92. The summed E-state index contributed by atoms with van der Waals surface area (Å²) in [5.41, 5.74) is 10.6. The monoisotopic (exact) mass is 429 g/mol. The van der Waals surface area contributed by atoms with Gasteiger partial charge in [-0.05, 0) is 37.1 Å². The van der Waals surface area contributed by atoms with Gasteiger partial charge < -0.3 is 15.2 Å². The maximum atomic E-state index is 9.88. The highest BCUT2D eigenvalue weighted by Gasteiger charge is 2.21. The van der Waals surface area contributed by atoms with Crippen LogP contribution in [0.4, 0.5) is 5.82 Å². The van der Waals surface area contributed by atoms with Gasteiger partial charge in [0.25, 0.3) is 0 Å². The van der Waals surface area contributed by atoms with Gasteiger partial charge in [-0.3, -0.25) is 0 Å². The minimum Gasteiger partial charge on any atom is -0.496 e. The van der Waals surface area contributed by atoms with Crippen LogP contribution in [0.25, 0.3) is 22.3 Å². The number of hydrogen-bond acceptors (Lipinski definition) is 5. The number of nitrogens with two attached hydrogens (primary N) is 1. The molecule has 1 aromatic heterocycles. The van der Waals surface area contributed by atoms with Crippen molar-refractivity contribution in [2.75, 3.05) is 19.5 Å². The van der Waals surface area contributed by atoms with Gasteiger partial charge in [0.05, 0.1) is 13.7 Å². The number of anilines is 1. The second-order valence-electron chi connectivity index (χ2n) is 7.81. The summed E-state index contributed by atoms with van der Waals surface area (Å²) in [5.74, 6) is 1.77. The number of aromatic nitrogens is 1. The number of benzene rings is 2. The number of nitrogens with zero attached hydrogens (tertiary/aromatic N) is 2. The van der Waals surface area contributed by atoms with Crippen LogP contribution in [0.15, 0.2) is 48.5 Å². The normalized spacial score (nSPS) is 10.6. The Bertz CT molecular complexity index is 1090. The largest absolute Gasteiger partial charge is 0.496 e. The Balaban J connectivity index is 1.96. The number of rotatable bonds is 10. The Morgan fingerprint density at radius 3 is 2.38 bits per heavy atom. The first kappa shape index (κ1) is 23.1. The number of nitriles is 1. The van der Waals surface area contributed by atoms with E-state index in [2.05, 4.69) is 18.0 Å². The topological polar surface area (TPSA) is 81.2 Å². The molecule has 0 saturated heterocycles. The molecule has 1 heterocycles. The summed E-state index contributed by atoms with van der Waals surface area (Å²) in [6.45, 7) is 4.83. The highest BCUT2D eigenvalue weighted by molar-refractivity contribution is 5.92. The van der Waals surface area contributed by atoms with Crippen molar-refractivity contribution in [3.8, 4) is 39.8 Å². The average molecular weight is 430 g/mol. The van der Waals surface area contributed by atoms with Crippen molar-refractivity contribution in [1.29, 1.82) is 5.26 Å². The first-order valence-electron chi connectivity index (χ1n) is 11.2. The molecule has 2 N–H and O–H groups in total. The molecule has 0 fully saturated rings. The van der Waals surface area contributed by atoms with Gasteiger partial charge in [-0.1, -0.05) is 62.9 Å². The van der Waals surface area contributed by atoms with Crippen molar-refractivity contribution in [3.05, 3.63) is 59.8 Å². The first-order valence-corrected chi connectivity index (χ1v) is 11.2. The van der Waals surface area contributed by atoms with Gasteiger partial charge in [-0.15, -0.1) is 0 Å². The second-order valence-corrected chi connectivity index (χ2v) is 7.81. The number of pyridine rings is 1. The molecule has 5 heteroatoms. The molecule has 3 rings (SSSR count). The molecule has 0 aliphatic carbocycles. The van der Waals surface area contributed by atoms with Gasteiger partial charge in [0, 0.05) is 22.4 Å².